The van der Waals surface area contributed by atoms with E-state index in [1.807, 2.05) is 0 Å². The Morgan fingerprint density at radius 1 is 1.42 bits per heavy atom. The lowest BCUT2D eigenvalue weighted by Crippen LogP contribution is -2.34. The first-order valence-electron chi connectivity index (χ1n) is 5.68. The summed E-state index contributed by atoms with van der Waals surface area (Å²) in [5.74, 6) is 0.156. The van der Waals surface area contributed by atoms with Crippen LogP contribution in [0.1, 0.15) is 0 Å². The number of ether oxygens (including phenoxy) is 1. The van der Waals surface area contributed by atoms with Crippen LogP contribution in [-0.2, 0) is 14.6 Å². The Morgan fingerprint density at radius 2 is 2.11 bits per heavy atom. The minimum absolute atomic E-state index is 0.0620. The first-order valence-corrected chi connectivity index (χ1v) is 7.74. The first kappa shape index (κ1) is 15.3. The van der Waals surface area contributed by atoms with Crippen LogP contribution in [0.3, 0.4) is 0 Å². The minimum Gasteiger partial charge on any atom is -0.484 e. The number of likely N-dealkylation sites (N-methyl/N-ethyl adjacent to an activating group) is 1. The Labute approximate surface area is 113 Å². The number of amides is 1. The number of rotatable bonds is 6. The van der Waals surface area contributed by atoms with Gasteiger partial charge in [-0.2, -0.15) is 0 Å². The zero-order valence-electron chi connectivity index (χ0n) is 11.0. The average molecular weight is 286 g/mol. The van der Waals surface area contributed by atoms with Gasteiger partial charge >= 0.3 is 0 Å². The molecule has 1 amide bonds. The zero-order chi connectivity index (χ0) is 14.5. The number of nitrogens with two attached hydrogens (primary N) is 1. The molecule has 106 valence electrons. The monoisotopic (exact) mass is 286 g/mol. The van der Waals surface area contributed by atoms with Gasteiger partial charge in [0.05, 0.1) is 5.75 Å². The molecule has 0 aliphatic carbocycles. The van der Waals surface area contributed by atoms with Gasteiger partial charge < -0.3 is 15.4 Å². The minimum atomic E-state index is -3.08. The molecule has 7 heteroatoms. The van der Waals surface area contributed by atoms with E-state index in [0.717, 1.165) is 6.26 Å². The summed E-state index contributed by atoms with van der Waals surface area (Å²) in [6, 6.07) is 6.75. The molecule has 0 saturated heterocycles. The largest absolute Gasteiger partial charge is 0.484 e. The standard InChI is InChI=1S/C12H18N2O4S/c1-14(6-7-19(2,16)17)12(15)9-18-11-5-3-4-10(13)8-11/h3-5,8H,6-7,9,13H2,1-2H3. The molecule has 1 aromatic carbocycles. The van der Waals surface area contributed by atoms with E-state index in [4.69, 9.17) is 10.5 Å². The van der Waals surface area contributed by atoms with Crippen LogP contribution in [0.2, 0.25) is 0 Å². The van der Waals surface area contributed by atoms with Gasteiger partial charge in [0.25, 0.3) is 5.91 Å². The fraction of sp³-hybridized carbons (Fsp3) is 0.417. The molecule has 0 aliphatic heterocycles. The number of hydrogen-bond acceptors (Lipinski definition) is 5. The summed E-state index contributed by atoms with van der Waals surface area (Å²) in [7, 11) is -1.54. The summed E-state index contributed by atoms with van der Waals surface area (Å²) in [6.07, 6.45) is 1.13. The molecule has 0 spiro atoms. The Balaban J connectivity index is 2.42. The van der Waals surface area contributed by atoms with Gasteiger partial charge in [0, 0.05) is 31.6 Å². The van der Waals surface area contributed by atoms with Crippen molar-refractivity contribution in [1.82, 2.24) is 4.90 Å². The van der Waals surface area contributed by atoms with E-state index in [1.54, 1.807) is 24.3 Å². The van der Waals surface area contributed by atoms with Crippen LogP contribution in [0, 0.1) is 0 Å². The number of sulfone groups is 1. The first-order chi connectivity index (χ1) is 8.78. The molecule has 0 atom stereocenters. The van der Waals surface area contributed by atoms with E-state index in [2.05, 4.69) is 0 Å². The van der Waals surface area contributed by atoms with Crippen LogP contribution in [0.25, 0.3) is 0 Å². The van der Waals surface area contributed by atoms with Gasteiger partial charge in [-0.15, -0.1) is 0 Å². The number of carbonyl (C=O) groups excluding carboxylic acids is 1. The van der Waals surface area contributed by atoms with Crippen LogP contribution >= 0.6 is 0 Å². The Bertz CT molecular complexity index is 542. The van der Waals surface area contributed by atoms with Crippen LogP contribution in [0.4, 0.5) is 5.69 Å². The fourth-order valence-corrected chi connectivity index (χ4v) is 1.89. The van der Waals surface area contributed by atoms with Gasteiger partial charge in [-0.05, 0) is 12.1 Å². The lowest BCUT2D eigenvalue weighted by molar-refractivity contribution is -0.131. The van der Waals surface area contributed by atoms with Crippen molar-refractivity contribution in [2.45, 2.75) is 0 Å². The number of nitrogens with zero attached hydrogens (tertiary/aromatic N) is 1. The lowest BCUT2D eigenvalue weighted by Gasteiger charge is -2.16. The van der Waals surface area contributed by atoms with Gasteiger partial charge in [0.2, 0.25) is 0 Å². The lowest BCUT2D eigenvalue weighted by atomic mass is 10.3. The van der Waals surface area contributed by atoms with Crippen LogP contribution < -0.4 is 10.5 Å². The molecule has 0 saturated carbocycles. The summed E-state index contributed by atoms with van der Waals surface area (Å²) in [4.78, 5) is 13.0. The predicted molar refractivity (Wildman–Crippen MR) is 73.7 cm³/mol. The average Bonchev–Trinajstić information content (AvgIpc) is 2.32. The second-order valence-electron chi connectivity index (χ2n) is 4.31. The summed E-state index contributed by atoms with van der Waals surface area (Å²) >= 11 is 0. The molecule has 0 aliphatic rings. The summed E-state index contributed by atoms with van der Waals surface area (Å²) < 4.78 is 27.3. The van der Waals surface area contributed by atoms with E-state index in [0.29, 0.717) is 11.4 Å². The number of hydrogen-bond donors (Lipinski definition) is 1. The third kappa shape index (κ3) is 6.10. The molecule has 0 bridgehead atoms. The highest BCUT2D eigenvalue weighted by Crippen LogP contribution is 2.14. The molecular weight excluding hydrogens is 268 g/mol. The van der Waals surface area contributed by atoms with Crippen molar-refractivity contribution >= 4 is 21.4 Å². The van der Waals surface area contributed by atoms with Crippen molar-refractivity contribution in [3.8, 4) is 5.75 Å². The van der Waals surface area contributed by atoms with Crippen molar-refractivity contribution < 1.29 is 17.9 Å². The highest BCUT2D eigenvalue weighted by molar-refractivity contribution is 7.90. The summed E-state index contributed by atoms with van der Waals surface area (Å²) in [5.41, 5.74) is 6.13. The molecule has 1 aromatic rings. The number of anilines is 1. The van der Waals surface area contributed by atoms with Crippen molar-refractivity contribution in [3.05, 3.63) is 24.3 Å². The zero-order valence-corrected chi connectivity index (χ0v) is 11.8. The van der Waals surface area contributed by atoms with E-state index >= 15 is 0 Å². The summed E-state index contributed by atoms with van der Waals surface area (Å²) in [5, 5.41) is 0. The van der Waals surface area contributed by atoms with Crippen LogP contribution in [0.5, 0.6) is 5.75 Å². The SMILES string of the molecule is CN(CCS(C)(=O)=O)C(=O)COc1cccc(N)c1. The quantitative estimate of drug-likeness (QED) is 0.752. The normalized spacial score (nSPS) is 11.1. The van der Waals surface area contributed by atoms with Gasteiger partial charge in [-0.3, -0.25) is 4.79 Å². The van der Waals surface area contributed by atoms with Gasteiger partial charge in [0.15, 0.2) is 6.61 Å². The number of carbonyl (C=O) groups is 1. The predicted octanol–water partition coefficient (Wildman–Crippen LogP) is 0.151. The van der Waals surface area contributed by atoms with E-state index < -0.39 is 9.84 Å². The van der Waals surface area contributed by atoms with Crippen molar-refractivity contribution in [2.24, 2.45) is 0 Å². The van der Waals surface area contributed by atoms with Crippen LogP contribution in [-0.4, -0.2) is 51.4 Å². The number of nitrogen functional groups attached to an aromatic ring is 1. The molecule has 1 rings (SSSR count). The molecule has 2 N–H and O–H groups in total. The molecule has 0 fully saturated rings. The Kier molecular flexibility index (Phi) is 5.17. The van der Waals surface area contributed by atoms with E-state index in [1.165, 1.54) is 11.9 Å². The highest BCUT2D eigenvalue weighted by atomic mass is 32.2. The maximum absolute atomic E-state index is 11.7. The molecule has 19 heavy (non-hydrogen) atoms. The van der Waals surface area contributed by atoms with E-state index in [-0.39, 0.29) is 24.8 Å². The maximum atomic E-state index is 11.7. The Morgan fingerprint density at radius 3 is 2.68 bits per heavy atom. The number of benzene rings is 1. The topological polar surface area (TPSA) is 89.7 Å². The molecule has 0 heterocycles. The van der Waals surface area contributed by atoms with Crippen LogP contribution in [0.15, 0.2) is 24.3 Å². The third-order valence-corrected chi connectivity index (χ3v) is 3.37. The Hall–Kier alpha value is -1.76. The van der Waals surface area contributed by atoms with Crippen molar-refractivity contribution in [2.75, 3.05) is 37.9 Å². The van der Waals surface area contributed by atoms with Gasteiger partial charge in [-0.25, -0.2) is 8.42 Å². The summed E-state index contributed by atoms with van der Waals surface area (Å²) in [6.45, 7) is 0.00166. The molecule has 6 nitrogen and oxygen atoms in total. The van der Waals surface area contributed by atoms with E-state index in [9.17, 15) is 13.2 Å². The maximum Gasteiger partial charge on any atom is 0.260 e. The molecule has 0 unspecified atom stereocenters. The fourth-order valence-electron chi connectivity index (χ4n) is 1.29. The van der Waals surface area contributed by atoms with Crippen molar-refractivity contribution in [1.29, 1.82) is 0 Å². The molecular formula is C12H18N2O4S. The molecule has 0 aromatic heterocycles. The second kappa shape index (κ2) is 6.42. The highest BCUT2D eigenvalue weighted by Gasteiger charge is 2.12. The third-order valence-electron chi connectivity index (χ3n) is 2.44. The second-order valence-corrected chi connectivity index (χ2v) is 6.57. The molecule has 0 radical (unpaired) electrons. The van der Waals surface area contributed by atoms with Crippen molar-refractivity contribution in [3.63, 3.8) is 0 Å². The van der Waals surface area contributed by atoms with Gasteiger partial charge in [0.1, 0.15) is 15.6 Å². The smallest absolute Gasteiger partial charge is 0.260 e. The van der Waals surface area contributed by atoms with Gasteiger partial charge in [-0.1, -0.05) is 6.07 Å².